The lowest BCUT2D eigenvalue weighted by Gasteiger charge is -2.09. The highest BCUT2D eigenvalue weighted by atomic mass is 35.5. The Bertz CT molecular complexity index is 1220. The molecule has 1 aromatic heterocycles. The Kier molecular flexibility index (Phi) is 6.43. The molecule has 3 aromatic carbocycles. The summed E-state index contributed by atoms with van der Waals surface area (Å²) in [5, 5.41) is 6.35. The predicted octanol–water partition coefficient (Wildman–Crippen LogP) is 5.48. The van der Waals surface area contributed by atoms with Crippen LogP contribution in [-0.2, 0) is 13.1 Å². The van der Waals surface area contributed by atoms with E-state index in [1.165, 1.54) is 0 Å². The third-order valence-electron chi connectivity index (χ3n) is 5.14. The molecule has 0 amide bonds. The molecule has 31 heavy (non-hydrogen) atoms. The van der Waals surface area contributed by atoms with Gasteiger partial charge in [0.25, 0.3) is 0 Å². The highest BCUT2D eigenvalue weighted by Gasteiger charge is 2.09. The molecule has 1 N–H and O–H groups in total. The number of nitrogens with zero attached hydrogens (tertiary/aromatic N) is 2. The first-order chi connectivity index (χ1) is 15.2. The standard InChI is InChI=1S/C25H24ClN3O2/c1-30-24-12-11-18(13-25(24)31-2)14-27-28-15-20-17-29(23-10-6-4-8-21(20)23)16-19-7-3-5-9-22(19)26/h3-13,15,17,27H,14,16H2,1-2H3/b28-15+. The fraction of sp³-hybridized carbons (Fsp3) is 0.160. The van der Waals surface area contributed by atoms with Crippen molar-refractivity contribution in [2.24, 2.45) is 5.10 Å². The minimum atomic E-state index is 0.578. The number of para-hydroxylation sites is 1. The van der Waals surface area contributed by atoms with Crippen LogP contribution in [0.3, 0.4) is 0 Å². The summed E-state index contributed by atoms with van der Waals surface area (Å²) in [5.74, 6) is 1.41. The molecule has 0 aliphatic rings. The van der Waals surface area contributed by atoms with Gasteiger partial charge in [-0.2, -0.15) is 5.10 Å². The van der Waals surface area contributed by atoms with Gasteiger partial charge in [-0.05, 0) is 35.4 Å². The van der Waals surface area contributed by atoms with E-state index in [2.05, 4.69) is 39.5 Å². The number of rotatable bonds is 8. The van der Waals surface area contributed by atoms with Gasteiger partial charge in [0.05, 0.1) is 27.0 Å². The van der Waals surface area contributed by atoms with Crippen LogP contribution in [0.1, 0.15) is 16.7 Å². The number of halogens is 1. The number of aromatic nitrogens is 1. The first-order valence-corrected chi connectivity index (χ1v) is 10.4. The zero-order chi connectivity index (χ0) is 21.6. The van der Waals surface area contributed by atoms with Crippen LogP contribution in [0, 0.1) is 0 Å². The minimum Gasteiger partial charge on any atom is -0.493 e. The van der Waals surface area contributed by atoms with Crippen LogP contribution in [0.25, 0.3) is 10.9 Å². The third-order valence-corrected chi connectivity index (χ3v) is 5.51. The molecule has 0 atom stereocenters. The molecule has 0 spiro atoms. The minimum absolute atomic E-state index is 0.578. The Morgan fingerprint density at radius 2 is 1.74 bits per heavy atom. The number of methoxy groups -OCH3 is 2. The van der Waals surface area contributed by atoms with E-state index in [4.69, 9.17) is 21.1 Å². The molecule has 0 unspecified atom stereocenters. The van der Waals surface area contributed by atoms with E-state index in [9.17, 15) is 0 Å². The molecule has 158 valence electrons. The summed E-state index contributed by atoms with van der Waals surface area (Å²) in [5.41, 5.74) is 7.44. The summed E-state index contributed by atoms with van der Waals surface area (Å²) in [6.07, 6.45) is 3.96. The summed E-state index contributed by atoms with van der Waals surface area (Å²) in [4.78, 5) is 0. The molecule has 4 aromatic rings. The predicted molar refractivity (Wildman–Crippen MR) is 126 cm³/mol. The molecule has 1 heterocycles. The molecule has 0 aliphatic heterocycles. The van der Waals surface area contributed by atoms with Gasteiger partial charge in [0.2, 0.25) is 0 Å². The van der Waals surface area contributed by atoms with Gasteiger partial charge in [-0.25, -0.2) is 0 Å². The van der Waals surface area contributed by atoms with Crippen molar-refractivity contribution in [2.75, 3.05) is 14.2 Å². The van der Waals surface area contributed by atoms with Crippen LogP contribution in [0.5, 0.6) is 11.5 Å². The lowest BCUT2D eigenvalue weighted by atomic mass is 10.2. The quantitative estimate of drug-likeness (QED) is 0.295. The Balaban J connectivity index is 1.51. The number of nitrogens with one attached hydrogen (secondary N) is 1. The Labute approximate surface area is 186 Å². The van der Waals surface area contributed by atoms with E-state index in [0.717, 1.165) is 32.6 Å². The molecule has 0 saturated carbocycles. The largest absolute Gasteiger partial charge is 0.493 e. The van der Waals surface area contributed by atoms with Crippen molar-refractivity contribution >= 4 is 28.7 Å². The van der Waals surface area contributed by atoms with Gasteiger partial charge in [-0.15, -0.1) is 0 Å². The van der Waals surface area contributed by atoms with E-state index >= 15 is 0 Å². The van der Waals surface area contributed by atoms with Crippen LogP contribution in [0.4, 0.5) is 0 Å². The van der Waals surface area contributed by atoms with Gasteiger partial charge in [0.1, 0.15) is 0 Å². The highest BCUT2D eigenvalue weighted by Crippen LogP contribution is 2.27. The molecule has 5 nitrogen and oxygen atoms in total. The summed E-state index contributed by atoms with van der Waals surface area (Å²) in [6.45, 7) is 1.28. The maximum atomic E-state index is 6.37. The lowest BCUT2D eigenvalue weighted by molar-refractivity contribution is 0.354. The molecule has 6 heteroatoms. The molecule has 0 radical (unpaired) electrons. The summed E-state index contributed by atoms with van der Waals surface area (Å²) in [6, 6.07) is 22.0. The topological polar surface area (TPSA) is 47.8 Å². The van der Waals surface area contributed by atoms with Crippen molar-refractivity contribution in [2.45, 2.75) is 13.1 Å². The van der Waals surface area contributed by atoms with Crippen molar-refractivity contribution in [3.63, 3.8) is 0 Å². The second kappa shape index (κ2) is 9.58. The number of fused-ring (bicyclic) bond motifs is 1. The van der Waals surface area contributed by atoms with Gasteiger partial charge in [0, 0.05) is 34.2 Å². The highest BCUT2D eigenvalue weighted by molar-refractivity contribution is 6.31. The Hall–Kier alpha value is -3.44. The van der Waals surface area contributed by atoms with Crippen molar-refractivity contribution in [1.82, 2.24) is 9.99 Å². The van der Waals surface area contributed by atoms with E-state index in [0.29, 0.717) is 24.6 Å². The molecule has 4 rings (SSSR count). The van der Waals surface area contributed by atoms with Crippen LogP contribution in [-0.4, -0.2) is 25.0 Å². The molecular weight excluding hydrogens is 410 g/mol. The number of benzene rings is 3. The summed E-state index contributed by atoms with van der Waals surface area (Å²) in [7, 11) is 3.26. The van der Waals surface area contributed by atoms with Crippen LogP contribution >= 0.6 is 11.6 Å². The lowest BCUT2D eigenvalue weighted by Crippen LogP contribution is -2.06. The van der Waals surface area contributed by atoms with E-state index in [1.807, 2.05) is 54.7 Å². The number of hydrazone groups is 1. The molecule has 0 bridgehead atoms. The zero-order valence-corrected chi connectivity index (χ0v) is 18.3. The van der Waals surface area contributed by atoms with E-state index in [1.54, 1.807) is 14.2 Å². The van der Waals surface area contributed by atoms with Gasteiger partial charge >= 0.3 is 0 Å². The average molecular weight is 434 g/mol. The van der Waals surface area contributed by atoms with Gasteiger partial charge in [-0.3, -0.25) is 0 Å². The van der Waals surface area contributed by atoms with Crippen LogP contribution in [0.2, 0.25) is 5.02 Å². The fourth-order valence-corrected chi connectivity index (χ4v) is 3.76. The maximum absolute atomic E-state index is 6.37. The van der Waals surface area contributed by atoms with E-state index < -0.39 is 0 Å². The van der Waals surface area contributed by atoms with Crippen LogP contribution in [0.15, 0.2) is 78.0 Å². The van der Waals surface area contributed by atoms with Crippen molar-refractivity contribution < 1.29 is 9.47 Å². The average Bonchev–Trinajstić information content (AvgIpc) is 3.15. The number of ether oxygens (including phenoxy) is 2. The summed E-state index contributed by atoms with van der Waals surface area (Å²) >= 11 is 6.37. The van der Waals surface area contributed by atoms with Crippen LogP contribution < -0.4 is 14.9 Å². The molecular formula is C25H24ClN3O2. The molecule has 0 fully saturated rings. The SMILES string of the molecule is COc1ccc(CN/N=C/c2cn(Cc3ccccc3Cl)c3ccccc23)cc1OC. The van der Waals surface area contributed by atoms with Gasteiger partial charge in [-0.1, -0.05) is 54.1 Å². The first-order valence-electron chi connectivity index (χ1n) is 9.97. The monoisotopic (exact) mass is 433 g/mol. The number of hydrogen-bond acceptors (Lipinski definition) is 4. The molecule has 0 aliphatic carbocycles. The number of hydrogen-bond donors (Lipinski definition) is 1. The Morgan fingerprint density at radius 3 is 2.55 bits per heavy atom. The third kappa shape index (κ3) is 4.67. The summed E-state index contributed by atoms with van der Waals surface area (Å²) < 4.78 is 12.8. The Morgan fingerprint density at radius 1 is 0.968 bits per heavy atom. The smallest absolute Gasteiger partial charge is 0.161 e. The maximum Gasteiger partial charge on any atom is 0.161 e. The van der Waals surface area contributed by atoms with Crippen molar-refractivity contribution in [3.8, 4) is 11.5 Å². The van der Waals surface area contributed by atoms with Gasteiger partial charge in [0.15, 0.2) is 11.5 Å². The van der Waals surface area contributed by atoms with Crippen molar-refractivity contribution in [3.05, 3.63) is 94.6 Å². The molecule has 0 saturated heterocycles. The van der Waals surface area contributed by atoms with Crippen molar-refractivity contribution in [1.29, 1.82) is 0 Å². The second-order valence-corrected chi connectivity index (χ2v) is 7.51. The first kappa shape index (κ1) is 20.8. The van der Waals surface area contributed by atoms with E-state index in [-0.39, 0.29) is 0 Å². The van der Waals surface area contributed by atoms with Gasteiger partial charge < -0.3 is 19.5 Å². The fourth-order valence-electron chi connectivity index (χ4n) is 3.56. The zero-order valence-electron chi connectivity index (χ0n) is 17.5. The second-order valence-electron chi connectivity index (χ2n) is 7.10. The normalized spacial score (nSPS) is 11.2.